The molecule has 4 heterocycles. The monoisotopic (exact) mass is 446 g/mol. The molecule has 1 aliphatic carbocycles. The summed E-state index contributed by atoms with van der Waals surface area (Å²) in [5.41, 5.74) is 6.80. The van der Waals surface area contributed by atoms with Crippen LogP contribution in [0.3, 0.4) is 0 Å². The van der Waals surface area contributed by atoms with Gasteiger partial charge in [0.25, 0.3) is 0 Å². The summed E-state index contributed by atoms with van der Waals surface area (Å²) in [6.07, 6.45) is 7.58. The molecule has 0 atom stereocenters. The average Bonchev–Trinajstić information content (AvgIpc) is 3.44. The predicted octanol–water partition coefficient (Wildman–Crippen LogP) is 8.13. The van der Waals surface area contributed by atoms with Crippen LogP contribution in [0.5, 0.6) is 0 Å². The Morgan fingerprint density at radius 1 is 0.971 bits per heavy atom. The van der Waals surface area contributed by atoms with Crippen LogP contribution in [-0.4, -0.2) is 14.4 Å². The second-order valence-electron chi connectivity index (χ2n) is 10.4. The van der Waals surface area contributed by atoms with Gasteiger partial charge in [-0.3, -0.25) is 9.38 Å². The van der Waals surface area contributed by atoms with Crippen LogP contribution in [0.1, 0.15) is 52.4 Å². The molecule has 0 aliphatic heterocycles. The van der Waals surface area contributed by atoms with Gasteiger partial charge >= 0.3 is 0 Å². The molecule has 0 bridgehead atoms. The molecule has 0 unspecified atom stereocenters. The quantitative estimate of drug-likeness (QED) is 0.270. The maximum Gasteiger partial charge on any atom is 0.230 e. The second kappa shape index (κ2) is 7.17. The van der Waals surface area contributed by atoms with Crippen LogP contribution in [0, 0.1) is 5.41 Å². The highest BCUT2D eigenvalue weighted by atomic mass is 16.3. The van der Waals surface area contributed by atoms with E-state index in [0.29, 0.717) is 11.1 Å². The lowest BCUT2D eigenvalue weighted by Gasteiger charge is -2.34. The summed E-state index contributed by atoms with van der Waals surface area (Å²) >= 11 is 0. The summed E-state index contributed by atoms with van der Waals surface area (Å²) in [6.45, 7) is 4.62. The van der Waals surface area contributed by atoms with Gasteiger partial charge in [0.05, 0.1) is 22.1 Å². The maximum absolute atomic E-state index is 9.23. The van der Waals surface area contributed by atoms with Gasteiger partial charge in [0.2, 0.25) is 5.71 Å². The third-order valence-electron chi connectivity index (χ3n) is 7.64. The molecule has 4 aromatic heterocycles. The fourth-order valence-corrected chi connectivity index (χ4v) is 5.56. The Balaban J connectivity index is 1.41. The third kappa shape index (κ3) is 2.98. The Morgan fingerprint density at radius 3 is 2.71 bits per heavy atom. The largest absolute Gasteiger partial charge is 0.437 e. The van der Waals surface area contributed by atoms with Gasteiger partial charge in [0.15, 0.2) is 0 Å². The zero-order valence-corrected chi connectivity index (χ0v) is 19.5. The molecule has 0 N–H and O–H groups in total. The molecule has 2 aromatic carbocycles. The summed E-state index contributed by atoms with van der Waals surface area (Å²) < 4.78 is 17.7. The van der Waals surface area contributed by atoms with Crippen molar-refractivity contribution in [1.29, 1.82) is 0 Å². The van der Waals surface area contributed by atoms with E-state index in [4.69, 9.17) is 9.40 Å². The summed E-state index contributed by atoms with van der Waals surface area (Å²) in [5.74, 6) is -0.561. The molecule has 0 amide bonds. The molecule has 1 saturated carbocycles. The van der Waals surface area contributed by atoms with Gasteiger partial charge in [0.1, 0.15) is 11.9 Å². The number of rotatable bonds is 2. The molecular formula is C30H27N3O. The summed E-state index contributed by atoms with van der Waals surface area (Å²) in [7, 11) is 0. The molecule has 6 aromatic rings. The van der Waals surface area contributed by atoms with Gasteiger partial charge in [-0.25, -0.2) is 4.98 Å². The zero-order valence-electron chi connectivity index (χ0n) is 20.5. The van der Waals surface area contributed by atoms with Crippen molar-refractivity contribution in [3.63, 3.8) is 0 Å². The minimum atomic E-state index is -0.561. The van der Waals surface area contributed by atoms with Crippen molar-refractivity contribution in [1.82, 2.24) is 14.4 Å². The smallest absolute Gasteiger partial charge is 0.230 e. The van der Waals surface area contributed by atoms with E-state index in [1.807, 2.05) is 18.6 Å². The number of fused-ring (bicyclic) bond motifs is 7. The number of nitrogens with zero attached hydrogens (tertiary/aromatic N) is 3. The van der Waals surface area contributed by atoms with E-state index in [1.165, 1.54) is 5.39 Å². The standard InChI is InChI=1S/C30H27N3O/c1-30(2)13-10-19(11-14-30)20-12-15-31-24(16-20)22-7-5-8-23-27-26-17-21-6-3-4-9-25(21)33(26)18-32-29(27)34-28(22)23/h3-9,12,15-19H,10-11,13-14H2,1-2H3/i19D. The van der Waals surface area contributed by atoms with Gasteiger partial charge in [-0.05, 0) is 72.9 Å². The van der Waals surface area contributed by atoms with E-state index < -0.39 is 5.89 Å². The number of hydrogen-bond donors (Lipinski definition) is 0. The van der Waals surface area contributed by atoms with Crippen LogP contribution in [-0.2, 0) is 0 Å². The van der Waals surface area contributed by atoms with Crippen molar-refractivity contribution in [2.75, 3.05) is 0 Å². The van der Waals surface area contributed by atoms with E-state index in [2.05, 4.69) is 77.8 Å². The Labute approximate surface area is 199 Å². The molecular weight excluding hydrogens is 418 g/mol. The van der Waals surface area contributed by atoms with E-state index in [1.54, 1.807) is 0 Å². The molecule has 0 spiro atoms. The Kier molecular flexibility index (Phi) is 3.95. The molecule has 7 rings (SSSR count). The Morgan fingerprint density at radius 2 is 1.82 bits per heavy atom. The predicted molar refractivity (Wildman–Crippen MR) is 138 cm³/mol. The van der Waals surface area contributed by atoms with Crippen molar-refractivity contribution in [2.45, 2.75) is 45.4 Å². The molecule has 0 radical (unpaired) electrons. The summed E-state index contributed by atoms with van der Waals surface area (Å²) in [4.78, 5) is 9.38. The lowest BCUT2D eigenvalue weighted by molar-refractivity contribution is 0.224. The minimum absolute atomic E-state index is 0.322. The first-order valence-electron chi connectivity index (χ1n) is 12.6. The van der Waals surface area contributed by atoms with E-state index in [0.717, 1.165) is 69.9 Å². The molecule has 1 aliphatic rings. The van der Waals surface area contributed by atoms with E-state index >= 15 is 0 Å². The number of hydrogen-bond acceptors (Lipinski definition) is 3. The van der Waals surface area contributed by atoms with Crippen LogP contribution < -0.4 is 0 Å². The number of furan rings is 1. The van der Waals surface area contributed by atoms with Crippen molar-refractivity contribution in [3.8, 4) is 11.3 Å². The normalized spacial score (nSPS) is 18.1. The van der Waals surface area contributed by atoms with Crippen molar-refractivity contribution in [3.05, 3.63) is 78.8 Å². The zero-order chi connectivity index (χ0) is 23.8. The van der Waals surface area contributed by atoms with E-state index in [9.17, 15) is 1.37 Å². The number of benzene rings is 2. The van der Waals surface area contributed by atoms with Crippen molar-refractivity contribution in [2.24, 2.45) is 5.41 Å². The molecule has 4 nitrogen and oxygen atoms in total. The molecule has 0 saturated heterocycles. The summed E-state index contributed by atoms with van der Waals surface area (Å²) in [6, 6.07) is 20.9. The van der Waals surface area contributed by atoms with Crippen molar-refractivity contribution >= 4 is 38.5 Å². The van der Waals surface area contributed by atoms with Gasteiger partial charge in [-0.2, -0.15) is 0 Å². The Hall–Kier alpha value is -3.66. The number of pyridine rings is 1. The summed E-state index contributed by atoms with van der Waals surface area (Å²) in [5, 5.41) is 3.23. The first-order valence-corrected chi connectivity index (χ1v) is 12.1. The second-order valence-corrected chi connectivity index (χ2v) is 10.4. The molecule has 168 valence electrons. The molecule has 1 fully saturated rings. The SMILES string of the molecule is [2H]C1(c2ccnc(-c3cccc4c3oc3ncn5c6ccccc6cc5c34)c2)CCC(C)(C)CC1. The minimum Gasteiger partial charge on any atom is -0.437 e. The topological polar surface area (TPSA) is 43.3 Å². The van der Waals surface area contributed by atoms with Crippen LogP contribution in [0.2, 0.25) is 0 Å². The number of para-hydroxylation sites is 2. The van der Waals surface area contributed by atoms with Gasteiger partial charge in [-0.15, -0.1) is 0 Å². The lowest BCUT2D eigenvalue weighted by Crippen LogP contribution is -2.20. The van der Waals surface area contributed by atoms with Gasteiger partial charge < -0.3 is 4.42 Å². The average molecular weight is 447 g/mol. The van der Waals surface area contributed by atoms with Crippen LogP contribution in [0.25, 0.3) is 49.7 Å². The lowest BCUT2D eigenvalue weighted by atomic mass is 9.71. The third-order valence-corrected chi connectivity index (χ3v) is 7.64. The highest BCUT2D eigenvalue weighted by Crippen LogP contribution is 2.43. The Bertz CT molecular complexity index is 1750. The van der Waals surface area contributed by atoms with Gasteiger partial charge in [0, 0.05) is 23.9 Å². The number of aromatic nitrogens is 3. The van der Waals surface area contributed by atoms with Gasteiger partial charge in [-0.1, -0.05) is 44.2 Å². The fourth-order valence-electron chi connectivity index (χ4n) is 5.56. The van der Waals surface area contributed by atoms with Crippen LogP contribution in [0.4, 0.5) is 0 Å². The van der Waals surface area contributed by atoms with Crippen molar-refractivity contribution < 1.29 is 5.79 Å². The first kappa shape index (κ1) is 18.7. The molecule has 34 heavy (non-hydrogen) atoms. The highest BCUT2D eigenvalue weighted by molar-refractivity contribution is 6.16. The first-order chi connectivity index (χ1) is 16.9. The van der Waals surface area contributed by atoms with Crippen LogP contribution in [0.15, 0.2) is 77.6 Å². The highest BCUT2D eigenvalue weighted by Gasteiger charge is 2.28. The maximum atomic E-state index is 9.23. The van der Waals surface area contributed by atoms with E-state index in [-0.39, 0.29) is 0 Å². The molecule has 4 heteroatoms. The fraction of sp³-hybridized carbons (Fsp3) is 0.267. The van der Waals surface area contributed by atoms with Crippen LogP contribution >= 0.6 is 0 Å².